The Balaban J connectivity index is 1.78. The average molecular weight is 362 g/mol. The number of amides is 2. The Kier molecular flexibility index (Phi) is 7.60. The molecule has 0 unspecified atom stereocenters. The van der Waals surface area contributed by atoms with Gasteiger partial charge in [-0.2, -0.15) is 0 Å². The first-order valence-corrected chi connectivity index (χ1v) is 9.23. The largest absolute Gasteiger partial charge is 0.276 e. The van der Waals surface area contributed by atoms with Crippen LogP contribution in [0, 0.1) is 5.92 Å². The van der Waals surface area contributed by atoms with Gasteiger partial charge in [0.25, 0.3) is 0 Å². The molecule has 1 saturated carbocycles. The maximum absolute atomic E-state index is 11.4. The summed E-state index contributed by atoms with van der Waals surface area (Å²) < 4.78 is 0. The zero-order valence-electron chi connectivity index (χ0n) is 16.0. The van der Waals surface area contributed by atoms with Crippen LogP contribution in [-0.4, -0.2) is 41.1 Å². The molecule has 0 N–H and O–H groups in total. The van der Waals surface area contributed by atoms with E-state index in [0.717, 1.165) is 44.1 Å². The molecule has 144 valence electrons. The van der Waals surface area contributed by atoms with Crippen molar-refractivity contribution in [1.29, 1.82) is 0 Å². The van der Waals surface area contributed by atoms with Gasteiger partial charge in [-0.25, -0.2) is 10.1 Å². The van der Waals surface area contributed by atoms with Gasteiger partial charge in [-0.15, -0.1) is 0 Å². The third kappa shape index (κ3) is 6.77. The first-order valence-electron chi connectivity index (χ1n) is 9.23. The molecule has 2 amide bonds. The van der Waals surface area contributed by atoms with Crippen molar-refractivity contribution in [2.45, 2.75) is 64.7 Å². The van der Waals surface area contributed by atoms with Crippen LogP contribution in [0.5, 0.6) is 0 Å². The minimum Gasteiger partial charge on any atom is -0.276 e. The number of hydroxylamine groups is 4. The summed E-state index contributed by atoms with van der Waals surface area (Å²) >= 11 is 0. The number of carbonyl (C=O) groups excluding carboxylic acids is 2. The van der Waals surface area contributed by atoms with E-state index in [-0.39, 0.29) is 6.04 Å². The Morgan fingerprint density at radius 2 is 1.69 bits per heavy atom. The number of carbonyl (C=O) groups is 2. The van der Waals surface area contributed by atoms with E-state index >= 15 is 0 Å². The molecule has 1 aromatic rings. The molecular weight excluding hydrogens is 332 g/mol. The van der Waals surface area contributed by atoms with Crippen LogP contribution in [0.4, 0.5) is 0 Å². The molecule has 6 nitrogen and oxygen atoms in total. The Morgan fingerprint density at radius 3 is 2.23 bits per heavy atom. The zero-order chi connectivity index (χ0) is 19.0. The van der Waals surface area contributed by atoms with Gasteiger partial charge < -0.3 is 0 Å². The molecule has 0 atom stereocenters. The van der Waals surface area contributed by atoms with Crippen molar-refractivity contribution >= 4 is 12.8 Å². The molecule has 1 fully saturated rings. The maximum atomic E-state index is 11.4. The van der Waals surface area contributed by atoms with E-state index in [4.69, 9.17) is 9.68 Å². The summed E-state index contributed by atoms with van der Waals surface area (Å²) in [6.45, 7) is 6.74. The van der Waals surface area contributed by atoms with E-state index in [1.807, 2.05) is 51.1 Å². The van der Waals surface area contributed by atoms with Crippen molar-refractivity contribution in [3.63, 3.8) is 0 Å². The van der Waals surface area contributed by atoms with E-state index in [1.54, 1.807) is 0 Å². The van der Waals surface area contributed by atoms with E-state index in [2.05, 4.69) is 0 Å². The standard InChI is InChI=1S/C20H30N2O4/c1-20(2,3)26-21(15-23)13-17-9-11-19(12-10-17)22(16-24)25-14-18-7-5-4-6-8-18/h4-8,15-17,19H,9-14H2,1-3H3/t17-,19-. The smallest absolute Gasteiger partial charge is 0.233 e. The fourth-order valence-corrected chi connectivity index (χ4v) is 3.24. The Labute approximate surface area is 156 Å². The molecule has 0 spiro atoms. The lowest BCUT2D eigenvalue weighted by molar-refractivity contribution is -0.222. The van der Waals surface area contributed by atoms with E-state index in [0.29, 0.717) is 19.1 Å². The number of hydrogen-bond acceptors (Lipinski definition) is 4. The SMILES string of the molecule is CC(C)(C)ON(C=O)C[C@H]1CC[C@H](N(C=O)OCc2ccccc2)CC1. The van der Waals surface area contributed by atoms with Crippen LogP contribution < -0.4 is 0 Å². The number of nitrogens with zero attached hydrogens (tertiary/aromatic N) is 2. The summed E-state index contributed by atoms with van der Waals surface area (Å²) in [6.07, 6.45) is 5.11. The predicted molar refractivity (Wildman–Crippen MR) is 98.5 cm³/mol. The van der Waals surface area contributed by atoms with Crippen LogP contribution in [-0.2, 0) is 25.9 Å². The summed E-state index contributed by atoms with van der Waals surface area (Å²) in [4.78, 5) is 34.0. The topological polar surface area (TPSA) is 59.1 Å². The molecule has 0 saturated heterocycles. The maximum Gasteiger partial charge on any atom is 0.233 e. The molecule has 6 heteroatoms. The average Bonchev–Trinajstić information content (AvgIpc) is 2.62. The van der Waals surface area contributed by atoms with Crippen molar-refractivity contribution in [3.05, 3.63) is 35.9 Å². The lowest BCUT2D eigenvalue weighted by Gasteiger charge is -2.36. The second-order valence-electron chi connectivity index (χ2n) is 7.81. The monoisotopic (exact) mass is 362 g/mol. The molecule has 1 aromatic carbocycles. The summed E-state index contributed by atoms with van der Waals surface area (Å²) in [6, 6.07) is 9.89. The molecule has 0 bridgehead atoms. The zero-order valence-corrected chi connectivity index (χ0v) is 16.0. The molecule has 0 heterocycles. The molecule has 26 heavy (non-hydrogen) atoms. The Hall–Kier alpha value is -1.92. The van der Waals surface area contributed by atoms with Gasteiger partial charge in [0.15, 0.2) is 0 Å². The number of benzene rings is 1. The summed E-state index contributed by atoms with van der Waals surface area (Å²) in [7, 11) is 0. The molecule has 1 aliphatic carbocycles. The first-order chi connectivity index (χ1) is 12.4. The fraction of sp³-hybridized carbons (Fsp3) is 0.600. The molecule has 0 radical (unpaired) electrons. The highest BCUT2D eigenvalue weighted by Crippen LogP contribution is 2.28. The van der Waals surface area contributed by atoms with Gasteiger partial charge in [0.1, 0.15) is 6.61 Å². The van der Waals surface area contributed by atoms with Crippen LogP contribution in [0.25, 0.3) is 0 Å². The first kappa shape index (κ1) is 20.4. The minimum absolute atomic E-state index is 0.0840. The van der Waals surface area contributed by atoms with Crippen molar-refractivity contribution in [3.8, 4) is 0 Å². The molecule has 2 rings (SSSR count). The highest BCUT2D eigenvalue weighted by molar-refractivity contribution is 5.46. The summed E-state index contributed by atoms with van der Waals surface area (Å²) in [5.41, 5.74) is 0.645. The van der Waals surface area contributed by atoms with Crippen LogP contribution in [0.2, 0.25) is 0 Å². The summed E-state index contributed by atoms with van der Waals surface area (Å²) in [5.74, 6) is 0.376. The van der Waals surface area contributed by atoms with Gasteiger partial charge in [-0.3, -0.25) is 19.3 Å². The lowest BCUT2D eigenvalue weighted by Crippen LogP contribution is -2.40. The van der Waals surface area contributed by atoms with E-state index < -0.39 is 5.60 Å². The molecule has 0 aromatic heterocycles. The lowest BCUT2D eigenvalue weighted by atomic mass is 9.86. The second-order valence-corrected chi connectivity index (χ2v) is 7.81. The Morgan fingerprint density at radius 1 is 1.04 bits per heavy atom. The van der Waals surface area contributed by atoms with Crippen LogP contribution in [0.15, 0.2) is 30.3 Å². The molecular formula is C20H30N2O4. The van der Waals surface area contributed by atoms with Crippen molar-refractivity contribution < 1.29 is 19.3 Å². The van der Waals surface area contributed by atoms with Crippen molar-refractivity contribution in [2.24, 2.45) is 5.92 Å². The fourth-order valence-electron chi connectivity index (χ4n) is 3.24. The normalized spacial score (nSPS) is 20.4. The van der Waals surface area contributed by atoms with Gasteiger partial charge in [0.05, 0.1) is 18.2 Å². The van der Waals surface area contributed by atoms with Crippen molar-refractivity contribution in [2.75, 3.05) is 6.54 Å². The van der Waals surface area contributed by atoms with Gasteiger partial charge in [0.2, 0.25) is 12.8 Å². The number of hydrogen-bond donors (Lipinski definition) is 0. The highest BCUT2D eigenvalue weighted by Gasteiger charge is 2.28. The third-order valence-corrected chi connectivity index (χ3v) is 4.45. The van der Waals surface area contributed by atoms with Gasteiger partial charge in [0, 0.05) is 0 Å². The third-order valence-electron chi connectivity index (χ3n) is 4.45. The Bertz CT molecular complexity index is 551. The second kappa shape index (κ2) is 9.69. The van der Waals surface area contributed by atoms with E-state index in [9.17, 15) is 9.59 Å². The van der Waals surface area contributed by atoms with Gasteiger partial charge >= 0.3 is 0 Å². The summed E-state index contributed by atoms with van der Waals surface area (Å²) in [5, 5.41) is 2.85. The number of rotatable bonds is 9. The predicted octanol–water partition coefficient (Wildman–Crippen LogP) is 3.32. The molecule has 1 aliphatic rings. The van der Waals surface area contributed by atoms with E-state index in [1.165, 1.54) is 10.1 Å². The molecule has 0 aliphatic heterocycles. The van der Waals surface area contributed by atoms with Crippen LogP contribution >= 0.6 is 0 Å². The highest BCUT2D eigenvalue weighted by atomic mass is 16.7. The van der Waals surface area contributed by atoms with Gasteiger partial charge in [-0.05, 0) is 57.9 Å². The van der Waals surface area contributed by atoms with Crippen molar-refractivity contribution in [1.82, 2.24) is 10.1 Å². The van der Waals surface area contributed by atoms with Crippen LogP contribution in [0.1, 0.15) is 52.0 Å². The minimum atomic E-state index is -0.391. The van der Waals surface area contributed by atoms with Crippen LogP contribution in [0.3, 0.4) is 0 Å². The quantitative estimate of drug-likeness (QED) is 0.499. The van der Waals surface area contributed by atoms with Gasteiger partial charge in [-0.1, -0.05) is 30.3 Å².